The molecule has 22 heavy (non-hydrogen) atoms. The van der Waals surface area contributed by atoms with Gasteiger partial charge in [0.15, 0.2) is 0 Å². The van der Waals surface area contributed by atoms with Crippen LogP contribution < -0.4 is 5.32 Å². The third-order valence-corrected chi connectivity index (χ3v) is 3.96. The molecule has 0 aliphatic carbocycles. The van der Waals surface area contributed by atoms with Crippen molar-refractivity contribution in [2.24, 2.45) is 0 Å². The van der Waals surface area contributed by atoms with Gasteiger partial charge in [0.1, 0.15) is 0 Å². The number of hydrogen-bond donors (Lipinski definition) is 1. The third kappa shape index (κ3) is 4.31. The van der Waals surface area contributed by atoms with Crippen LogP contribution in [-0.2, 0) is 20.7 Å². The summed E-state index contributed by atoms with van der Waals surface area (Å²) >= 11 is 0. The smallest absolute Gasteiger partial charge is 0.242 e. The maximum Gasteiger partial charge on any atom is 0.242 e. The van der Waals surface area contributed by atoms with Gasteiger partial charge in [0.2, 0.25) is 11.8 Å². The molecule has 1 aliphatic rings. The van der Waals surface area contributed by atoms with Crippen LogP contribution in [0.15, 0.2) is 30.3 Å². The first-order chi connectivity index (χ1) is 10.6. The van der Waals surface area contributed by atoms with Crippen LogP contribution in [0.3, 0.4) is 0 Å². The van der Waals surface area contributed by atoms with Crippen molar-refractivity contribution in [2.75, 3.05) is 19.7 Å². The van der Waals surface area contributed by atoms with E-state index in [4.69, 9.17) is 4.74 Å². The van der Waals surface area contributed by atoms with Crippen molar-refractivity contribution in [2.45, 2.75) is 38.8 Å². The van der Waals surface area contributed by atoms with Gasteiger partial charge in [-0.25, -0.2) is 0 Å². The summed E-state index contributed by atoms with van der Waals surface area (Å²) < 4.78 is 5.81. The van der Waals surface area contributed by atoms with Gasteiger partial charge in [-0.2, -0.15) is 0 Å². The Hall–Kier alpha value is -1.88. The average Bonchev–Trinajstić information content (AvgIpc) is 2.89. The number of nitrogens with zero attached hydrogens (tertiary/aromatic N) is 1. The first-order valence-corrected chi connectivity index (χ1v) is 7.81. The highest BCUT2D eigenvalue weighted by Crippen LogP contribution is 2.24. The summed E-state index contributed by atoms with van der Waals surface area (Å²) in [5.41, 5.74) is 1.19. The van der Waals surface area contributed by atoms with Gasteiger partial charge in [0.05, 0.1) is 18.7 Å². The molecule has 5 nitrogen and oxygen atoms in total. The molecule has 2 atom stereocenters. The second kappa shape index (κ2) is 7.94. The zero-order chi connectivity index (χ0) is 15.9. The third-order valence-electron chi connectivity index (χ3n) is 3.96. The zero-order valence-corrected chi connectivity index (χ0v) is 13.2. The quantitative estimate of drug-likeness (QED) is 0.863. The Morgan fingerprint density at radius 1 is 1.32 bits per heavy atom. The number of nitrogens with one attached hydrogen (secondary N) is 1. The van der Waals surface area contributed by atoms with E-state index in [0.717, 1.165) is 12.8 Å². The fraction of sp³-hybridized carbons (Fsp3) is 0.529. The lowest BCUT2D eigenvalue weighted by Gasteiger charge is -2.28. The summed E-state index contributed by atoms with van der Waals surface area (Å²) in [5, 5.41) is 2.58. The van der Waals surface area contributed by atoms with Crippen molar-refractivity contribution in [3.63, 3.8) is 0 Å². The molecule has 1 N–H and O–H groups in total. The van der Waals surface area contributed by atoms with Gasteiger partial charge < -0.3 is 15.0 Å². The van der Waals surface area contributed by atoms with Crippen LogP contribution in [0.25, 0.3) is 0 Å². The number of carbonyl (C=O) groups excluding carboxylic acids is 2. The van der Waals surface area contributed by atoms with Gasteiger partial charge in [-0.3, -0.25) is 9.59 Å². The Kier molecular flexibility index (Phi) is 5.95. The van der Waals surface area contributed by atoms with Crippen molar-refractivity contribution in [1.82, 2.24) is 10.2 Å². The number of likely N-dealkylation sites (tertiary alicyclic amines) is 1. The van der Waals surface area contributed by atoms with E-state index in [1.54, 1.807) is 0 Å². The fourth-order valence-electron chi connectivity index (χ4n) is 2.94. The Morgan fingerprint density at radius 3 is 2.68 bits per heavy atom. The normalized spacial score (nSPS) is 20.9. The standard InChI is InChI=1S/C17H24N2O3/c1-3-22-16-9-10-19(17(21)12-18-13(2)20)15(16)11-14-7-5-4-6-8-14/h4-8,15-16H,3,9-12H2,1-2H3,(H,18,20)/t15-,16-/m1/s1. The van der Waals surface area contributed by atoms with E-state index in [1.165, 1.54) is 12.5 Å². The molecule has 1 saturated heterocycles. The molecule has 2 amide bonds. The molecule has 0 unspecified atom stereocenters. The van der Waals surface area contributed by atoms with Crippen LogP contribution in [0.2, 0.25) is 0 Å². The van der Waals surface area contributed by atoms with Crippen molar-refractivity contribution >= 4 is 11.8 Å². The number of carbonyl (C=O) groups is 2. The predicted octanol–water partition coefficient (Wildman–Crippen LogP) is 1.37. The van der Waals surface area contributed by atoms with Crippen LogP contribution >= 0.6 is 0 Å². The van der Waals surface area contributed by atoms with Crippen LogP contribution in [0.1, 0.15) is 25.8 Å². The number of amides is 2. The summed E-state index contributed by atoms with van der Waals surface area (Å²) in [6, 6.07) is 10.2. The maximum absolute atomic E-state index is 12.4. The SMILES string of the molecule is CCO[C@@H]1CCN(C(=O)CNC(C)=O)[C@@H]1Cc1ccccc1. The van der Waals surface area contributed by atoms with Gasteiger partial charge in [0, 0.05) is 20.1 Å². The lowest BCUT2D eigenvalue weighted by Crippen LogP contribution is -2.46. The minimum atomic E-state index is -0.187. The van der Waals surface area contributed by atoms with Crippen molar-refractivity contribution in [3.8, 4) is 0 Å². The predicted molar refractivity (Wildman–Crippen MR) is 84.4 cm³/mol. The molecule has 0 aromatic heterocycles. The highest BCUT2D eigenvalue weighted by Gasteiger charge is 2.37. The van der Waals surface area contributed by atoms with E-state index in [2.05, 4.69) is 17.4 Å². The Labute approximate surface area is 131 Å². The van der Waals surface area contributed by atoms with Crippen molar-refractivity contribution < 1.29 is 14.3 Å². The van der Waals surface area contributed by atoms with E-state index in [0.29, 0.717) is 13.2 Å². The molecule has 0 saturated carbocycles. The van der Waals surface area contributed by atoms with Crippen LogP contribution in [0, 0.1) is 0 Å². The highest BCUT2D eigenvalue weighted by molar-refractivity contribution is 5.84. The second-order valence-corrected chi connectivity index (χ2v) is 5.54. The molecule has 1 aromatic rings. The molecule has 0 spiro atoms. The van der Waals surface area contributed by atoms with Crippen molar-refractivity contribution in [1.29, 1.82) is 0 Å². The Morgan fingerprint density at radius 2 is 2.05 bits per heavy atom. The summed E-state index contributed by atoms with van der Waals surface area (Å²) in [5.74, 6) is -0.230. The first-order valence-electron chi connectivity index (χ1n) is 7.81. The molecule has 0 bridgehead atoms. The van der Waals surface area contributed by atoms with Crippen molar-refractivity contribution in [3.05, 3.63) is 35.9 Å². The van der Waals surface area contributed by atoms with E-state index in [9.17, 15) is 9.59 Å². The number of benzene rings is 1. The Bertz CT molecular complexity index is 504. The van der Waals surface area contributed by atoms with Crippen LogP contribution in [-0.4, -0.2) is 48.6 Å². The summed E-state index contributed by atoms with van der Waals surface area (Å²) in [4.78, 5) is 25.2. The van der Waals surface area contributed by atoms with Gasteiger partial charge in [-0.05, 0) is 25.3 Å². The van der Waals surface area contributed by atoms with Gasteiger partial charge >= 0.3 is 0 Å². The lowest BCUT2D eigenvalue weighted by atomic mass is 10.0. The number of hydrogen-bond acceptors (Lipinski definition) is 3. The Balaban J connectivity index is 2.07. The summed E-state index contributed by atoms with van der Waals surface area (Å²) in [6.07, 6.45) is 1.68. The minimum absolute atomic E-state index is 0.0311. The van der Waals surface area contributed by atoms with E-state index < -0.39 is 0 Å². The minimum Gasteiger partial charge on any atom is -0.376 e. The molecule has 1 aromatic carbocycles. The van der Waals surface area contributed by atoms with E-state index in [1.807, 2.05) is 30.0 Å². The van der Waals surface area contributed by atoms with Crippen LogP contribution in [0.4, 0.5) is 0 Å². The molecule has 5 heteroatoms. The van der Waals surface area contributed by atoms with Gasteiger partial charge in [-0.1, -0.05) is 30.3 Å². The molecule has 1 aliphatic heterocycles. The van der Waals surface area contributed by atoms with E-state index in [-0.39, 0.29) is 30.5 Å². The van der Waals surface area contributed by atoms with E-state index >= 15 is 0 Å². The summed E-state index contributed by atoms with van der Waals surface area (Å²) in [6.45, 7) is 4.77. The maximum atomic E-state index is 12.4. The molecular formula is C17H24N2O3. The lowest BCUT2D eigenvalue weighted by molar-refractivity contribution is -0.134. The second-order valence-electron chi connectivity index (χ2n) is 5.54. The monoisotopic (exact) mass is 304 g/mol. The molecule has 1 heterocycles. The largest absolute Gasteiger partial charge is 0.376 e. The summed E-state index contributed by atoms with van der Waals surface area (Å²) in [7, 11) is 0. The zero-order valence-electron chi connectivity index (χ0n) is 13.2. The molecule has 1 fully saturated rings. The van der Waals surface area contributed by atoms with Gasteiger partial charge in [-0.15, -0.1) is 0 Å². The molecule has 120 valence electrons. The molecule has 2 rings (SSSR count). The number of rotatable bonds is 6. The first kappa shape index (κ1) is 16.5. The average molecular weight is 304 g/mol. The fourth-order valence-corrected chi connectivity index (χ4v) is 2.94. The van der Waals surface area contributed by atoms with Crippen LogP contribution in [0.5, 0.6) is 0 Å². The molecular weight excluding hydrogens is 280 g/mol. The topological polar surface area (TPSA) is 58.6 Å². The number of ether oxygens (including phenoxy) is 1. The van der Waals surface area contributed by atoms with Gasteiger partial charge in [0.25, 0.3) is 0 Å². The molecule has 0 radical (unpaired) electrons. The highest BCUT2D eigenvalue weighted by atomic mass is 16.5.